The number of nitrogens with one attached hydrogen (secondary N) is 1. The topological polar surface area (TPSA) is 100 Å². The molecular weight excluding hydrogens is 414 g/mol. The molecule has 0 aliphatic carbocycles. The fourth-order valence-corrected chi connectivity index (χ4v) is 2.97. The zero-order valence-electron chi connectivity index (χ0n) is 19.6. The summed E-state index contributed by atoms with van der Waals surface area (Å²) in [5, 5.41) is 2.56. The molecule has 1 amide bonds. The largest absolute Gasteiger partial charge is 0.513 e. The Labute approximate surface area is 190 Å². The Kier molecular flexibility index (Phi) is 14.4. The van der Waals surface area contributed by atoms with Gasteiger partial charge < -0.3 is 18.9 Å². The third kappa shape index (κ3) is 11.6. The molecule has 1 aromatic rings. The van der Waals surface area contributed by atoms with Crippen LogP contribution in [0.1, 0.15) is 88.4 Å². The van der Waals surface area contributed by atoms with Crippen LogP contribution in [0.4, 0.5) is 15.3 Å². The average Bonchev–Trinajstić information content (AvgIpc) is 2.79. The zero-order chi connectivity index (χ0) is 23.6. The lowest BCUT2D eigenvalue weighted by atomic mass is 10.1. The normalized spacial score (nSPS) is 10.3. The van der Waals surface area contributed by atoms with Crippen LogP contribution < -0.4 is 10.1 Å². The first-order valence-electron chi connectivity index (χ1n) is 11.5. The maximum atomic E-state index is 12.1. The Morgan fingerprint density at radius 2 is 1.41 bits per heavy atom. The number of anilines is 1. The lowest BCUT2D eigenvalue weighted by Gasteiger charge is -2.12. The van der Waals surface area contributed by atoms with Gasteiger partial charge in [0.25, 0.3) is 0 Å². The molecule has 0 heterocycles. The molecule has 0 unspecified atom stereocenters. The molecule has 8 heteroatoms. The predicted octanol–water partition coefficient (Wildman–Crippen LogP) is 6.48. The Morgan fingerprint density at radius 3 is 2.00 bits per heavy atom. The number of carbonyl (C=O) groups excluding carboxylic acids is 3. The highest BCUT2D eigenvalue weighted by Crippen LogP contribution is 2.24. The number of hydrogen-bond acceptors (Lipinski definition) is 7. The number of carbonyl (C=O) groups is 3. The molecule has 0 aliphatic heterocycles. The van der Waals surface area contributed by atoms with Gasteiger partial charge in [-0.1, -0.05) is 65.2 Å². The second-order valence-corrected chi connectivity index (χ2v) is 7.49. The van der Waals surface area contributed by atoms with Crippen molar-refractivity contribution in [3.8, 4) is 5.75 Å². The maximum Gasteiger partial charge on any atom is 0.513 e. The molecule has 180 valence electrons. The third-order valence-corrected chi connectivity index (χ3v) is 4.77. The van der Waals surface area contributed by atoms with Crippen LogP contribution in [0, 0.1) is 0 Å². The number of hydrogen-bond donors (Lipinski definition) is 1. The van der Waals surface area contributed by atoms with Crippen LogP contribution in [0.25, 0.3) is 0 Å². The number of amides is 1. The first-order chi connectivity index (χ1) is 15.5. The lowest BCUT2D eigenvalue weighted by Crippen LogP contribution is -2.16. The van der Waals surface area contributed by atoms with Crippen molar-refractivity contribution in [3.63, 3.8) is 0 Å². The van der Waals surface area contributed by atoms with E-state index in [2.05, 4.69) is 19.2 Å². The predicted molar refractivity (Wildman–Crippen MR) is 122 cm³/mol. The van der Waals surface area contributed by atoms with Gasteiger partial charge in [-0.05, 0) is 31.0 Å². The van der Waals surface area contributed by atoms with E-state index in [1.807, 2.05) is 0 Å². The average molecular weight is 452 g/mol. The molecule has 1 N–H and O–H groups in total. The molecule has 0 atom stereocenters. The molecule has 0 spiro atoms. The van der Waals surface area contributed by atoms with Crippen molar-refractivity contribution in [1.82, 2.24) is 0 Å². The molecule has 32 heavy (non-hydrogen) atoms. The third-order valence-electron chi connectivity index (χ3n) is 4.77. The first kappa shape index (κ1) is 27.3. The smallest absolute Gasteiger partial charge is 0.465 e. The van der Waals surface area contributed by atoms with Crippen LogP contribution in [-0.2, 0) is 14.2 Å². The van der Waals surface area contributed by atoms with Gasteiger partial charge in [0.05, 0.1) is 20.3 Å². The Morgan fingerprint density at radius 1 is 0.812 bits per heavy atom. The Hall–Kier alpha value is -2.77. The van der Waals surface area contributed by atoms with E-state index in [9.17, 15) is 14.4 Å². The minimum atomic E-state index is -0.895. The number of benzene rings is 1. The summed E-state index contributed by atoms with van der Waals surface area (Å²) in [6, 6.07) is 4.26. The van der Waals surface area contributed by atoms with Gasteiger partial charge in [-0.3, -0.25) is 5.32 Å². The second kappa shape index (κ2) is 16.9. The van der Waals surface area contributed by atoms with Crippen LogP contribution in [0.15, 0.2) is 18.2 Å². The van der Waals surface area contributed by atoms with Gasteiger partial charge in [-0.25, -0.2) is 14.4 Å². The second-order valence-electron chi connectivity index (χ2n) is 7.49. The summed E-state index contributed by atoms with van der Waals surface area (Å²) in [7, 11) is 1.22. The van der Waals surface area contributed by atoms with Crippen LogP contribution in [0.5, 0.6) is 5.75 Å². The highest BCUT2D eigenvalue weighted by molar-refractivity contribution is 5.95. The highest BCUT2D eigenvalue weighted by Gasteiger charge is 2.18. The quantitative estimate of drug-likeness (QED) is 0.141. The van der Waals surface area contributed by atoms with Crippen LogP contribution in [-0.4, -0.2) is 38.5 Å². The van der Waals surface area contributed by atoms with Crippen molar-refractivity contribution >= 4 is 23.9 Å². The summed E-state index contributed by atoms with van der Waals surface area (Å²) >= 11 is 0. The first-order valence-corrected chi connectivity index (χ1v) is 11.5. The molecule has 0 bridgehead atoms. The number of esters is 1. The molecule has 1 aromatic carbocycles. The van der Waals surface area contributed by atoms with Crippen molar-refractivity contribution in [2.24, 2.45) is 0 Å². The van der Waals surface area contributed by atoms with Gasteiger partial charge >= 0.3 is 18.2 Å². The van der Waals surface area contributed by atoms with E-state index in [0.29, 0.717) is 12.3 Å². The fraction of sp³-hybridized carbons (Fsp3) is 0.625. The van der Waals surface area contributed by atoms with Gasteiger partial charge in [0.15, 0.2) is 0 Å². The molecule has 0 saturated carbocycles. The molecule has 0 fully saturated rings. The molecule has 0 aliphatic rings. The number of ether oxygens (including phenoxy) is 4. The summed E-state index contributed by atoms with van der Waals surface area (Å²) in [5.41, 5.74) is 0.308. The summed E-state index contributed by atoms with van der Waals surface area (Å²) in [5.74, 6) is -0.719. The van der Waals surface area contributed by atoms with Crippen LogP contribution in [0.2, 0.25) is 0 Å². The number of unbranched alkanes of at least 4 members (excludes halogenated alkanes) is 8. The molecular formula is C24H37NO7. The minimum Gasteiger partial charge on any atom is -0.465 e. The minimum absolute atomic E-state index is 0.00948. The van der Waals surface area contributed by atoms with Crippen molar-refractivity contribution < 1.29 is 33.3 Å². The Bertz CT molecular complexity index is 706. The van der Waals surface area contributed by atoms with Crippen molar-refractivity contribution in [3.05, 3.63) is 23.8 Å². The van der Waals surface area contributed by atoms with Crippen LogP contribution >= 0.6 is 0 Å². The van der Waals surface area contributed by atoms with Gasteiger partial charge in [0, 0.05) is 5.69 Å². The molecule has 1 rings (SSSR count). The van der Waals surface area contributed by atoms with E-state index < -0.39 is 18.2 Å². The van der Waals surface area contributed by atoms with E-state index in [1.54, 1.807) is 0 Å². The molecule has 8 nitrogen and oxygen atoms in total. The lowest BCUT2D eigenvalue weighted by molar-refractivity contribution is 0.0594. The maximum absolute atomic E-state index is 12.1. The van der Waals surface area contributed by atoms with Gasteiger partial charge in [0.1, 0.15) is 11.3 Å². The monoisotopic (exact) mass is 451 g/mol. The summed E-state index contributed by atoms with van der Waals surface area (Å²) in [6.07, 6.45) is 8.85. The van der Waals surface area contributed by atoms with E-state index >= 15 is 0 Å². The van der Waals surface area contributed by atoms with E-state index in [4.69, 9.17) is 18.9 Å². The number of methoxy groups -OCH3 is 1. The zero-order valence-corrected chi connectivity index (χ0v) is 19.6. The van der Waals surface area contributed by atoms with Gasteiger partial charge in [0.2, 0.25) is 0 Å². The van der Waals surface area contributed by atoms with E-state index in [-0.39, 0.29) is 17.9 Å². The molecule has 0 aromatic heterocycles. The summed E-state index contributed by atoms with van der Waals surface area (Å²) in [4.78, 5) is 36.0. The fourth-order valence-electron chi connectivity index (χ4n) is 2.97. The molecule has 0 radical (unpaired) electrons. The van der Waals surface area contributed by atoms with Gasteiger partial charge in [-0.2, -0.15) is 0 Å². The van der Waals surface area contributed by atoms with Gasteiger partial charge in [-0.15, -0.1) is 0 Å². The Balaban J connectivity index is 2.57. The van der Waals surface area contributed by atoms with Crippen molar-refractivity contribution in [2.75, 3.05) is 25.6 Å². The van der Waals surface area contributed by atoms with Crippen LogP contribution in [0.3, 0.4) is 0 Å². The van der Waals surface area contributed by atoms with E-state index in [0.717, 1.165) is 57.8 Å². The summed E-state index contributed by atoms with van der Waals surface area (Å²) < 4.78 is 20.1. The highest BCUT2D eigenvalue weighted by atomic mass is 16.7. The van der Waals surface area contributed by atoms with Crippen molar-refractivity contribution in [2.45, 2.75) is 78.1 Å². The van der Waals surface area contributed by atoms with E-state index in [1.165, 1.54) is 31.7 Å². The molecule has 0 saturated heterocycles. The van der Waals surface area contributed by atoms with Crippen molar-refractivity contribution in [1.29, 1.82) is 0 Å². The SMILES string of the molecule is CCCCCCCOC(=O)Nc1ccc(OC(=O)OCCCCCCC)c(C(=O)OC)c1. The summed E-state index contributed by atoms with van der Waals surface area (Å²) in [6.45, 7) is 4.85. The standard InChI is InChI=1S/C24H37NO7/c1-4-6-8-10-12-16-30-23(27)25-19-14-15-21(20(18-19)22(26)29-3)32-24(28)31-17-13-11-9-7-5-2/h14-15,18H,4-13,16-17H2,1-3H3,(H,25,27). The number of rotatable bonds is 15.